The lowest BCUT2D eigenvalue weighted by molar-refractivity contribution is -0.133. The van der Waals surface area contributed by atoms with Crippen molar-refractivity contribution < 1.29 is 14.0 Å². The molecule has 3 rings (SSSR count). The molecule has 0 saturated heterocycles. The van der Waals surface area contributed by atoms with Crippen LogP contribution in [0.4, 0.5) is 0 Å². The third-order valence-corrected chi connectivity index (χ3v) is 4.84. The van der Waals surface area contributed by atoms with Gasteiger partial charge in [0.1, 0.15) is 5.76 Å². The van der Waals surface area contributed by atoms with Crippen molar-refractivity contribution >= 4 is 23.2 Å². The molecular formula is C17H20N2O3S. The molecule has 0 bridgehead atoms. The molecule has 0 aromatic carbocycles. The van der Waals surface area contributed by atoms with Gasteiger partial charge < -0.3 is 14.6 Å². The fourth-order valence-corrected chi connectivity index (χ4v) is 3.41. The van der Waals surface area contributed by atoms with Crippen LogP contribution < -0.4 is 5.32 Å². The Morgan fingerprint density at radius 2 is 2.22 bits per heavy atom. The van der Waals surface area contributed by atoms with E-state index < -0.39 is 0 Å². The number of thiophene rings is 1. The average molecular weight is 332 g/mol. The van der Waals surface area contributed by atoms with Crippen LogP contribution in [0, 0.1) is 0 Å². The number of amides is 2. The largest absolute Gasteiger partial charge is 0.467 e. The van der Waals surface area contributed by atoms with Gasteiger partial charge in [-0.1, -0.05) is 6.07 Å². The highest BCUT2D eigenvalue weighted by molar-refractivity contribution is 7.10. The van der Waals surface area contributed by atoms with E-state index >= 15 is 0 Å². The Bertz CT molecular complexity index is 647. The summed E-state index contributed by atoms with van der Waals surface area (Å²) in [4.78, 5) is 27.1. The first-order valence-corrected chi connectivity index (χ1v) is 8.64. The molecule has 0 spiro atoms. The molecule has 122 valence electrons. The molecule has 1 atom stereocenters. The fraction of sp³-hybridized carbons (Fsp3) is 0.412. The molecule has 1 saturated carbocycles. The molecule has 2 heterocycles. The minimum Gasteiger partial charge on any atom is -0.467 e. The molecule has 1 unspecified atom stereocenters. The van der Waals surface area contributed by atoms with Crippen LogP contribution in [0.1, 0.15) is 42.9 Å². The van der Waals surface area contributed by atoms with Gasteiger partial charge in [-0.3, -0.25) is 9.59 Å². The van der Waals surface area contributed by atoms with E-state index in [4.69, 9.17) is 4.42 Å². The van der Waals surface area contributed by atoms with E-state index in [0.717, 1.165) is 23.5 Å². The predicted octanol–water partition coefficient (Wildman–Crippen LogP) is 3.10. The summed E-state index contributed by atoms with van der Waals surface area (Å²) in [5, 5.41) is 4.84. The van der Waals surface area contributed by atoms with Gasteiger partial charge in [0, 0.05) is 17.8 Å². The van der Waals surface area contributed by atoms with Crippen molar-refractivity contribution in [2.75, 3.05) is 0 Å². The molecule has 23 heavy (non-hydrogen) atoms. The molecule has 2 aromatic heterocycles. The highest BCUT2D eigenvalue weighted by Crippen LogP contribution is 2.31. The van der Waals surface area contributed by atoms with Crippen molar-refractivity contribution in [3.05, 3.63) is 46.5 Å². The molecule has 1 aliphatic carbocycles. The van der Waals surface area contributed by atoms with Gasteiger partial charge >= 0.3 is 0 Å². The van der Waals surface area contributed by atoms with E-state index in [1.165, 1.54) is 6.92 Å². The molecule has 5 nitrogen and oxygen atoms in total. The van der Waals surface area contributed by atoms with Gasteiger partial charge in [0.25, 0.3) is 0 Å². The predicted molar refractivity (Wildman–Crippen MR) is 87.8 cm³/mol. The summed E-state index contributed by atoms with van der Waals surface area (Å²) < 4.78 is 5.37. The number of carbonyl (C=O) groups is 2. The number of rotatable bonds is 7. The van der Waals surface area contributed by atoms with Gasteiger partial charge in [-0.25, -0.2) is 0 Å². The standard InChI is InChI=1S/C17H20N2O3S/c1-12(20)18-15(16-5-3-9-23-16)10-17(21)19(13-6-7-13)11-14-4-2-8-22-14/h2-5,8-9,13,15H,6-7,10-11H2,1H3,(H,18,20). The third-order valence-electron chi connectivity index (χ3n) is 3.86. The molecule has 6 heteroatoms. The summed E-state index contributed by atoms with van der Waals surface area (Å²) in [5.41, 5.74) is 0. The highest BCUT2D eigenvalue weighted by Gasteiger charge is 2.34. The summed E-state index contributed by atoms with van der Waals surface area (Å²) in [6, 6.07) is 7.63. The number of carbonyl (C=O) groups excluding carboxylic acids is 2. The Morgan fingerprint density at radius 1 is 1.39 bits per heavy atom. The molecular weight excluding hydrogens is 312 g/mol. The van der Waals surface area contributed by atoms with Crippen LogP contribution in [0.2, 0.25) is 0 Å². The molecule has 1 aliphatic rings. The van der Waals surface area contributed by atoms with Crippen molar-refractivity contribution in [1.82, 2.24) is 10.2 Å². The summed E-state index contributed by atoms with van der Waals surface area (Å²) in [7, 11) is 0. The zero-order valence-electron chi connectivity index (χ0n) is 13.0. The summed E-state index contributed by atoms with van der Waals surface area (Å²) in [6.07, 6.45) is 3.97. The van der Waals surface area contributed by atoms with Gasteiger partial charge in [-0.15, -0.1) is 11.3 Å². The van der Waals surface area contributed by atoms with Gasteiger partial charge in [0.2, 0.25) is 11.8 Å². The Labute approximate surface area is 139 Å². The molecule has 0 aliphatic heterocycles. The second-order valence-electron chi connectivity index (χ2n) is 5.80. The van der Waals surface area contributed by atoms with Gasteiger partial charge in [-0.05, 0) is 36.4 Å². The van der Waals surface area contributed by atoms with Gasteiger partial charge in [0.15, 0.2) is 0 Å². The Hall–Kier alpha value is -2.08. The summed E-state index contributed by atoms with van der Waals surface area (Å²) >= 11 is 1.55. The van der Waals surface area contributed by atoms with Crippen molar-refractivity contribution in [2.24, 2.45) is 0 Å². The number of furan rings is 1. The van der Waals surface area contributed by atoms with Crippen LogP contribution >= 0.6 is 11.3 Å². The van der Waals surface area contributed by atoms with Crippen molar-refractivity contribution in [2.45, 2.75) is 44.8 Å². The number of nitrogens with zero attached hydrogens (tertiary/aromatic N) is 1. The molecule has 2 aromatic rings. The van der Waals surface area contributed by atoms with Crippen LogP contribution in [0.15, 0.2) is 40.3 Å². The average Bonchev–Trinajstić information content (AvgIpc) is 3.02. The topological polar surface area (TPSA) is 62.6 Å². The lowest BCUT2D eigenvalue weighted by Crippen LogP contribution is -2.36. The molecule has 1 N–H and O–H groups in total. The number of hydrogen-bond acceptors (Lipinski definition) is 4. The highest BCUT2D eigenvalue weighted by atomic mass is 32.1. The lowest BCUT2D eigenvalue weighted by atomic mass is 10.1. The fourth-order valence-electron chi connectivity index (χ4n) is 2.63. The second-order valence-corrected chi connectivity index (χ2v) is 6.78. The van der Waals surface area contributed by atoms with E-state index in [9.17, 15) is 9.59 Å². The van der Waals surface area contributed by atoms with E-state index in [-0.39, 0.29) is 24.3 Å². The first-order valence-electron chi connectivity index (χ1n) is 7.76. The van der Waals surface area contributed by atoms with Gasteiger partial charge in [-0.2, -0.15) is 0 Å². The van der Waals surface area contributed by atoms with Crippen LogP contribution in [0.5, 0.6) is 0 Å². The van der Waals surface area contributed by atoms with Crippen LogP contribution in [0.3, 0.4) is 0 Å². The minimum absolute atomic E-state index is 0.0519. The van der Waals surface area contributed by atoms with E-state index in [0.29, 0.717) is 12.6 Å². The second kappa shape index (κ2) is 7.00. The Balaban J connectivity index is 1.69. The Morgan fingerprint density at radius 3 is 2.78 bits per heavy atom. The summed E-state index contributed by atoms with van der Waals surface area (Å²) in [5.74, 6) is 0.716. The maximum Gasteiger partial charge on any atom is 0.225 e. The third kappa shape index (κ3) is 4.22. The van der Waals surface area contributed by atoms with Crippen LogP contribution in [0.25, 0.3) is 0 Å². The quantitative estimate of drug-likeness (QED) is 0.847. The normalized spacial score (nSPS) is 15.2. The lowest BCUT2D eigenvalue weighted by Gasteiger charge is -2.24. The molecule has 2 amide bonds. The zero-order valence-corrected chi connectivity index (χ0v) is 13.8. The van der Waals surface area contributed by atoms with Gasteiger partial charge in [0.05, 0.1) is 25.3 Å². The SMILES string of the molecule is CC(=O)NC(CC(=O)N(Cc1ccco1)C1CC1)c1cccs1. The van der Waals surface area contributed by atoms with Crippen molar-refractivity contribution in [1.29, 1.82) is 0 Å². The maximum absolute atomic E-state index is 12.8. The van der Waals surface area contributed by atoms with Crippen molar-refractivity contribution in [3.8, 4) is 0 Å². The van der Waals surface area contributed by atoms with Crippen molar-refractivity contribution in [3.63, 3.8) is 0 Å². The summed E-state index contributed by atoms with van der Waals surface area (Å²) in [6.45, 7) is 1.97. The monoisotopic (exact) mass is 332 g/mol. The van der Waals surface area contributed by atoms with Crippen LogP contribution in [-0.2, 0) is 16.1 Å². The minimum atomic E-state index is -0.266. The smallest absolute Gasteiger partial charge is 0.225 e. The maximum atomic E-state index is 12.8. The van der Waals surface area contributed by atoms with E-state index in [1.807, 2.05) is 34.5 Å². The van der Waals surface area contributed by atoms with Crippen LogP contribution in [-0.4, -0.2) is 22.8 Å². The number of hydrogen-bond donors (Lipinski definition) is 1. The molecule has 0 radical (unpaired) electrons. The Kier molecular flexibility index (Phi) is 4.81. The van der Waals surface area contributed by atoms with E-state index in [2.05, 4.69) is 5.32 Å². The zero-order chi connectivity index (χ0) is 16.2. The first kappa shape index (κ1) is 15.8. The number of nitrogens with one attached hydrogen (secondary N) is 1. The first-order chi connectivity index (χ1) is 11.1. The van der Waals surface area contributed by atoms with E-state index in [1.54, 1.807) is 17.6 Å². The molecule has 1 fully saturated rings.